The predicted molar refractivity (Wildman–Crippen MR) is 130 cm³/mol. The Balaban J connectivity index is 3.02. The highest BCUT2D eigenvalue weighted by atomic mass is 32.2. The van der Waals surface area contributed by atoms with E-state index in [1.807, 2.05) is 50.4 Å². The van der Waals surface area contributed by atoms with Crippen LogP contribution in [0.1, 0.15) is 39.2 Å². The van der Waals surface area contributed by atoms with Gasteiger partial charge in [-0.25, -0.2) is 4.79 Å². The number of nitrogens with one attached hydrogen (secondary N) is 3. The summed E-state index contributed by atoms with van der Waals surface area (Å²) in [5.41, 5.74) is 6.48. The zero-order chi connectivity index (χ0) is 25.0. The first kappa shape index (κ1) is 28.4. The largest absolute Gasteiger partial charge is 0.480 e. The molecule has 0 aliphatic rings. The number of aliphatic carboxylic acids is 1. The van der Waals surface area contributed by atoms with Gasteiger partial charge in [0.05, 0.1) is 6.04 Å². The van der Waals surface area contributed by atoms with E-state index >= 15 is 0 Å². The summed E-state index contributed by atoms with van der Waals surface area (Å²) < 4.78 is 0. The van der Waals surface area contributed by atoms with Gasteiger partial charge < -0.3 is 26.8 Å². The fourth-order valence-electron chi connectivity index (χ4n) is 3.10. The fourth-order valence-corrected chi connectivity index (χ4v) is 3.57. The molecule has 3 amide bonds. The molecule has 33 heavy (non-hydrogen) atoms. The lowest BCUT2D eigenvalue weighted by atomic mass is 10.0. The monoisotopic (exact) mass is 480 g/mol. The first-order valence-corrected chi connectivity index (χ1v) is 12.4. The molecule has 10 heteroatoms. The third kappa shape index (κ3) is 10.7. The maximum absolute atomic E-state index is 13.1. The number of carbonyl (C=O) groups is 4. The van der Waals surface area contributed by atoms with Crippen LogP contribution in [0.4, 0.5) is 0 Å². The van der Waals surface area contributed by atoms with Crippen LogP contribution in [0.25, 0.3) is 0 Å². The Kier molecular flexibility index (Phi) is 12.5. The lowest BCUT2D eigenvalue weighted by molar-refractivity contribution is -0.142. The van der Waals surface area contributed by atoms with Gasteiger partial charge in [0.2, 0.25) is 17.7 Å². The molecule has 1 aromatic rings. The van der Waals surface area contributed by atoms with Crippen LogP contribution in [0.15, 0.2) is 30.3 Å². The van der Waals surface area contributed by atoms with Gasteiger partial charge in [-0.2, -0.15) is 11.8 Å². The number of amides is 3. The minimum atomic E-state index is -1.13. The summed E-state index contributed by atoms with van der Waals surface area (Å²) >= 11 is 1.48. The summed E-state index contributed by atoms with van der Waals surface area (Å²) in [5, 5.41) is 17.3. The summed E-state index contributed by atoms with van der Waals surface area (Å²) in [4.78, 5) is 49.8. The van der Waals surface area contributed by atoms with Crippen LogP contribution in [0, 0.1) is 5.92 Å². The molecule has 1 rings (SSSR count). The molecule has 0 aromatic heterocycles. The number of benzene rings is 1. The van der Waals surface area contributed by atoms with Gasteiger partial charge in [0, 0.05) is 6.42 Å². The van der Waals surface area contributed by atoms with Gasteiger partial charge in [-0.15, -0.1) is 0 Å². The SMILES string of the molecule is CSCCC(NC(=O)C(CC(C)C)NC(=O)C(Cc1ccccc1)NC(=O)C(C)N)C(=O)O. The molecular weight excluding hydrogens is 444 g/mol. The standard InChI is InChI=1S/C23H36N4O5S/c1-14(2)12-18(21(29)25-17(23(31)32)10-11-33-4)27-22(30)19(26-20(28)15(3)24)13-16-8-6-5-7-9-16/h5-9,14-15,17-19H,10-13,24H2,1-4H3,(H,25,29)(H,26,28)(H,27,30)(H,31,32). The van der Waals surface area contributed by atoms with Crippen LogP contribution < -0.4 is 21.7 Å². The Morgan fingerprint density at radius 1 is 0.909 bits per heavy atom. The highest BCUT2D eigenvalue weighted by Crippen LogP contribution is 2.09. The van der Waals surface area contributed by atoms with Crippen LogP contribution in [0.3, 0.4) is 0 Å². The molecule has 0 aliphatic heterocycles. The van der Waals surface area contributed by atoms with Crippen molar-refractivity contribution in [2.75, 3.05) is 12.0 Å². The molecule has 0 saturated heterocycles. The van der Waals surface area contributed by atoms with E-state index in [-0.39, 0.29) is 18.8 Å². The molecule has 0 aliphatic carbocycles. The molecule has 0 spiro atoms. The number of thioether (sulfide) groups is 1. The minimum absolute atomic E-state index is 0.0572. The zero-order valence-electron chi connectivity index (χ0n) is 19.7. The van der Waals surface area contributed by atoms with Crippen LogP contribution in [0.2, 0.25) is 0 Å². The molecule has 0 radical (unpaired) electrons. The molecule has 4 atom stereocenters. The van der Waals surface area contributed by atoms with Crippen LogP contribution in [0.5, 0.6) is 0 Å². The number of carboxylic acids is 1. The second kappa shape index (κ2) is 14.5. The maximum Gasteiger partial charge on any atom is 0.326 e. The van der Waals surface area contributed by atoms with Crippen LogP contribution >= 0.6 is 11.8 Å². The van der Waals surface area contributed by atoms with Crippen molar-refractivity contribution in [3.8, 4) is 0 Å². The van der Waals surface area contributed by atoms with Gasteiger partial charge in [0.1, 0.15) is 18.1 Å². The van der Waals surface area contributed by atoms with Crippen molar-refractivity contribution in [3.05, 3.63) is 35.9 Å². The minimum Gasteiger partial charge on any atom is -0.480 e. The smallest absolute Gasteiger partial charge is 0.326 e. The second-order valence-electron chi connectivity index (χ2n) is 8.41. The number of rotatable bonds is 14. The molecule has 0 bridgehead atoms. The summed E-state index contributed by atoms with van der Waals surface area (Å²) in [6.07, 6.45) is 2.65. The Morgan fingerprint density at radius 3 is 1.97 bits per heavy atom. The molecule has 0 heterocycles. The summed E-state index contributed by atoms with van der Waals surface area (Å²) in [6.45, 7) is 5.31. The summed E-state index contributed by atoms with van der Waals surface area (Å²) in [7, 11) is 0. The van der Waals surface area contributed by atoms with Crippen LogP contribution in [-0.2, 0) is 25.6 Å². The van der Waals surface area contributed by atoms with E-state index in [4.69, 9.17) is 5.73 Å². The van der Waals surface area contributed by atoms with Gasteiger partial charge >= 0.3 is 5.97 Å². The fraction of sp³-hybridized carbons (Fsp3) is 0.565. The molecule has 6 N–H and O–H groups in total. The molecule has 0 fully saturated rings. The first-order chi connectivity index (χ1) is 15.5. The normalized spacial score (nSPS) is 14.6. The van der Waals surface area contributed by atoms with Crippen molar-refractivity contribution in [1.82, 2.24) is 16.0 Å². The molecule has 4 unspecified atom stereocenters. The maximum atomic E-state index is 13.1. The van der Waals surface area contributed by atoms with Crippen molar-refractivity contribution in [2.45, 2.75) is 64.2 Å². The number of hydrogen-bond donors (Lipinski definition) is 5. The van der Waals surface area contributed by atoms with Gasteiger partial charge in [-0.3, -0.25) is 14.4 Å². The summed E-state index contributed by atoms with van der Waals surface area (Å²) in [6, 6.07) is 5.42. The molecule has 184 valence electrons. The third-order valence-electron chi connectivity index (χ3n) is 4.89. The highest BCUT2D eigenvalue weighted by Gasteiger charge is 2.30. The quantitative estimate of drug-likeness (QED) is 0.266. The van der Waals surface area contributed by atoms with Gasteiger partial charge in [-0.1, -0.05) is 44.2 Å². The Bertz CT molecular complexity index is 788. The lowest BCUT2D eigenvalue weighted by Crippen LogP contribution is -2.57. The second-order valence-corrected chi connectivity index (χ2v) is 9.40. The van der Waals surface area contributed by atoms with Gasteiger partial charge in [0.15, 0.2) is 0 Å². The topological polar surface area (TPSA) is 151 Å². The Hall–Kier alpha value is -2.59. The molecular formula is C23H36N4O5S. The van der Waals surface area contributed by atoms with Crippen molar-refractivity contribution >= 4 is 35.5 Å². The third-order valence-corrected chi connectivity index (χ3v) is 5.54. The average molecular weight is 481 g/mol. The van der Waals surface area contributed by atoms with Gasteiger partial charge in [0.25, 0.3) is 0 Å². The van der Waals surface area contributed by atoms with E-state index in [1.165, 1.54) is 18.7 Å². The summed E-state index contributed by atoms with van der Waals surface area (Å²) in [5.74, 6) is -2.09. The zero-order valence-corrected chi connectivity index (χ0v) is 20.5. The number of hydrogen-bond acceptors (Lipinski definition) is 6. The Morgan fingerprint density at radius 2 is 1.45 bits per heavy atom. The molecule has 1 aromatic carbocycles. The van der Waals surface area contributed by atoms with E-state index in [1.54, 1.807) is 0 Å². The predicted octanol–water partition coefficient (Wildman–Crippen LogP) is 0.915. The van der Waals surface area contributed by atoms with Gasteiger partial charge in [-0.05, 0) is 43.3 Å². The van der Waals surface area contributed by atoms with Crippen molar-refractivity contribution in [1.29, 1.82) is 0 Å². The van der Waals surface area contributed by atoms with Crippen molar-refractivity contribution < 1.29 is 24.3 Å². The van der Waals surface area contributed by atoms with Crippen molar-refractivity contribution in [3.63, 3.8) is 0 Å². The number of nitrogens with two attached hydrogens (primary N) is 1. The molecule has 9 nitrogen and oxygen atoms in total. The molecule has 0 saturated carbocycles. The van der Waals surface area contributed by atoms with E-state index in [9.17, 15) is 24.3 Å². The Labute approximate surface area is 199 Å². The van der Waals surface area contributed by atoms with Crippen LogP contribution in [-0.4, -0.2) is 65.0 Å². The van der Waals surface area contributed by atoms with E-state index in [0.29, 0.717) is 12.2 Å². The average Bonchev–Trinajstić information content (AvgIpc) is 2.75. The highest BCUT2D eigenvalue weighted by molar-refractivity contribution is 7.98. The van der Waals surface area contributed by atoms with E-state index in [2.05, 4.69) is 16.0 Å². The lowest BCUT2D eigenvalue weighted by Gasteiger charge is -2.26. The van der Waals surface area contributed by atoms with E-state index < -0.39 is 47.9 Å². The first-order valence-electron chi connectivity index (χ1n) is 11.0. The number of carbonyl (C=O) groups excluding carboxylic acids is 3. The van der Waals surface area contributed by atoms with Crippen molar-refractivity contribution in [2.24, 2.45) is 11.7 Å². The number of carboxylic acid groups (broad SMARTS) is 1. The van der Waals surface area contributed by atoms with E-state index in [0.717, 1.165) is 5.56 Å².